The number of aliphatic hydroxyl groups is 1. The lowest BCUT2D eigenvalue weighted by molar-refractivity contribution is -0.140. The van der Waals surface area contributed by atoms with E-state index in [2.05, 4.69) is 5.32 Å². The number of carboxylic acid groups (broad SMARTS) is 1. The molecule has 1 aliphatic heterocycles. The highest BCUT2D eigenvalue weighted by atomic mass is 16.4. The molecule has 0 aromatic heterocycles. The fourth-order valence-electron chi connectivity index (χ4n) is 1.90. The summed E-state index contributed by atoms with van der Waals surface area (Å²) in [4.78, 5) is 24.3. The van der Waals surface area contributed by atoms with Crippen molar-refractivity contribution in [1.82, 2.24) is 10.2 Å². The predicted molar refractivity (Wildman–Crippen MR) is 61.6 cm³/mol. The lowest BCUT2D eigenvalue weighted by atomic mass is 10.1. The highest BCUT2D eigenvalue weighted by Gasteiger charge is 2.29. The predicted octanol–water partition coefficient (Wildman–Crippen LogP) is 0.119. The van der Waals surface area contributed by atoms with Gasteiger partial charge < -0.3 is 20.4 Å². The van der Waals surface area contributed by atoms with Crippen LogP contribution in [0, 0.1) is 11.8 Å². The van der Waals surface area contributed by atoms with Crippen LogP contribution in [-0.4, -0.2) is 52.9 Å². The van der Waals surface area contributed by atoms with Crippen molar-refractivity contribution in [3.05, 3.63) is 0 Å². The minimum atomic E-state index is -1.02. The van der Waals surface area contributed by atoms with Gasteiger partial charge in [0.2, 0.25) is 0 Å². The molecule has 1 fully saturated rings. The Morgan fingerprint density at radius 2 is 2.12 bits per heavy atom. The Labute approximate surface area is 101 Å². The third kappa shape index (κ3) is 3.59. The molecule has 6 heteroatoms. The summed E-state index contributed by atoms with van der Waals surface area (Å²) in [5.41, 5.74) is 0. The van der Waals surface area contributed by atoms with Crippen LogP contribution in [0.3, 0.4) is 0 Å². The third-order valence-corrected chi connectivity index (χ3v) is 3.04. The van der Waals surface area contributed by atoms with E-state index in [0.29, 0.717) is 13.1 Å². The number of aliphatic carboxylic acids is 1. The second-order valence-electron chi connectivity index (χ2n) is 4.79. The van der Waals surface area contributed by atoms with E-state index in [1.54, 1.807) is 18.7 Å². The molecular formula is C11H20N2O4. The Balaban J connectivity index is 2.51. The summed E-state index contributed by atoms with van der Waals surface area (Å²) in [6.07, 6.45) is 0.767. The van der Waals surface area contributed by atoms with Gasteiger partial charge in [-0.2, -0.15) is 0 Å². The zero-order chi connectivity index (χ0) is 13.0. The average Bonchev–Trinajstić information content (AvgIpc) is 2.73. The molecule has 0 spiro atoms. The number of amides is 2. The monoisotopic (exact) mass is 244 g/mol. The molecule has 1 heterocycles. The van der Waals surface area contributed by atoms with Crippen LogP contribution in [0.1, 0.15) is 20.3 Å². The van der Waals surface area contributed by atoms with Crippen LogP contribution in [0.5, 0.6) is 0 Å². The van der Waals surface area contributed by atoms with Crippen molar-refractivity contribution >= 4 is 12.0 Å². The standard InChI is InChI=1S/C11H20N2O4/c1-7(2)9(10(15)16)12-11(17)13-4-3-8(5-13)6-14/h7-9,14H,3-6H2,1-2H3,(H,12,17)(H,15,16)/t8?,9-/m0/s1. The van der Waals surface area contributed by atoms with Gasteiger partial charge in [-0.25, -0.2) is 9.59 Å². The molecule has 17 heavy (non-hydrogen) atoms. The molecule has 0 aliphatic carbocycles. The van der Waals surface area contributed by atoms with Gasteiger partial charge in [-0.1, -0.05) is 13.8 Å². The van der Waals surface area contributed by atoms with Gasteiger partial charge in [-0.05, 0) is 12.3 Å². The van der Waals surface area contributed by atoms with E-state index < -0.39 is 12.0 Å². The number of nitrogens with zero attached hydrogens (tertiary/aromatic N) is 1. The molecule has 0 aromatic carbocycles. The van der Waals surface area contributed by atoms with E-state index in [-0.39, 0.29) is 24.5 Å². The molecule has 2 atom stereocenters. The lowest BCUT2D eigenvalue weighted by Crippen LogP contribution is -2.49. The van der Waals surface area contributed by atoms with Crippen LogP contribution in [0.15, 0.2) is 0 Å². The van der Waals surface area contributed by atoms with Gasteiger partial charge in [0.15, 0.2) is 0 Å². The van der Waals surface area contributed by atoms with Crippen molar-refractivity contribution in [2.75, 3.05) is 19.7 Å². The minimum Gasteiger partial charge on any atom is -0.480 e. The second kappa shape index (κ2) is 5.86. The number of urea groups is 1. The van der Waals surface area contributed by atoms with Gasteiger partial charge in [0.1, 0.15) is 6.04 Å². The molecule has 0 aromatic rings. The Morgan fingerprint density at radius 3 is 2.53 bits per heavy atom. The van der Waals surface area contributed by atoms with Crippen molar-refractivity contribution in [3.8, 4) is 0 Å². The summed E-state index contributed by atoms with van der Waals surface area (Å²) in [6, 6.07) is -1.22. The molecule has 6 nitrogen and oxygen atoms in total. The molecule has 98 valence electrons. The zero-order valence-corrected chi connectivity index (χ0v) is 10.2. The SMILES string of the molecule is CC(C)[C@H](NC(=O)N1CCC(CO)C1)C(=O)O. The highest BCUT2D eigenvalue weighted by Crippen LogP contribution is 2.15. The summed E-state index contributed by atoms with van der Waals surface area (Å²) >= 11 is 0. The maximum absolute atomic E-state index is 11.8. The smallest absolute Gasteiger partial charge is 0.326 e. The summed E-state index contributed by atoms with van der Waals surface area (Å²) in [6.45, 7) is 4.63. The Hall–Kier alpha value is -1.30. The van der Waals surface area contributed by atoms with Crippen LogP contribution in [0.4, 0.5) is 4.79 Å². The van der Waals surface area contributed by atoms with Crippen LogP contribution in [-0.2, 0) is 4.79 Å². The molecule has 0 radical (unpaired) electrons. The van der Waals surface area contributed by atoms with E-state index in [1.165, 1.54) is 0 Å². The van der Waals surface area contributed by atoms with Crippen LogP contribution >= 0.6 is 0 Å². The van der Waals surface area contributed by atoms with E-state index in [4.69, 9.17) is 10.2 Å². The van der Waals surface area contributed by atoms with Crippen molar-refractivity contribution < 1.29 is 19.8 Å². The maximum Gasteiger partial charge on any atom is 0.326 e. The van der Waals surface area contributed by atoms with Crippen LogP contribution in [0.25, 0.3) is 0 Å². The number of rotatable bonds is 4. The first-order valence-electron chi connectivity index (χ1n) is 5.84. The number of hydrogen-bond acceptors (Lipinski definition) is 3. The maximum atomic E-state index is 11.8. The normalized spacial score (nSPS) is 21.6. The van der Waals surface area contributed by atoms with Gasteiger partial charge in [-0.3, -0.25) is 0 Å². The third-order valence-electron chi connectivity index (χ3n) is 3.04. The van der Waals surface area contributed by atoms with Gasteiger partial charge in [0.25, 0.3) is 0 Å². The van der Waals surface area contributed by atoms with Gasteiger partial charge in [0, 0.05) is 25.6 Å². The minimum absolute atomic E-state index is 0.0658. The summed E-state index contributed by atoms with van der Waals surface area (Å²) in [7, 11) is 0. The van der Waals surface area contributed by atoms with Gasteiger partial charge in [-0.15, -0.1) is 0 Å². The number of aliphatic hydroxyl groups excluding tert-OH is 1. The van der Waals surface area contributed by atoms with Gasteiger partial charge in [0.05, 0.1) is 0 Å². The highest BCUT2D eigenvalue weighted by molar-refractivity contribution is 5.82. The molecule has 2 amide bonds. The number of nitrogens with one attached hydrogen (secondary N) is 1. The van der Waals surface area contributed by atoms with E-state index in [9.17, 15) is 9.59 Å². The van der Waals surface area contributed by atoms with E-state index in [1.807, 2.05) is 0 Å². The molecule has 1 saturated heterocycles. The fraction of sp³-hybridized carbons (Fsp3) is 0.818. The lowest BCUT2D eigenvalue weighted by Gasteiger charge is -2.23. The molecule has 1 rings (SSSR count). The Morgan fingerprint density at radius 1 is 1.47 bits per heavy atom. The first kappa shape index (κ1) is 13.8. The molecular weight excluding hydrogens is 224 g/mol. The number of carboxylic acids is 1. The number of hydrogen-bond donors (Lipinski definition) is 3. The summed E-state index contributed by atoms with van der Waals surface area (Å²) < 4.78 is 0. The molecule has 1 aliphatic rings. The molecule has 0 saturated carbocycles. The second-order valence-corrected chi connectivity index (χ2v) is 4.79. The van der Waals surface area contributed by atoms with Crippen molar-refractivity contribution in [2.24, 2.45) is 11.8 Å². The quantitative estimate of drug-likeness (QED) is 0.655. The number of carbonyl (C=O) groups excluding carboxylic acids is 1. The van der Waals surface area contributed by atoms with Crippen molar-refractivity contribution in [2.45, 2.75) is 26.3 Å². The van der Waals surface area contributed by atoms with E-state index >= 15 is 0 Å². The molecule has 1 unspecified atom stereocenters. The number of likely N-dealkylation sites (tertiary alicyclic amines) is 1. The number of carbonyl (C=O) groups is 2. The first-order chi connectivity index (χ1) is 7.95. The van der Waals surface area contributed by atoms with Gasteiger partial charge >= 0.3 is 12.0 Å². The average molecular weight is 244 g/mol. The summed E-state index contributed by atoms with van der Waals surface area (Å²) in [5, 5.41) is 20.4. The molecule has 3 N–H and O–H groups in total. The fourth-order valence-corrected chi connectivity index (χ4v) is 1.90. The Bertz CT molecular complexity index is 293. The zero-order valence-electron chi connectivity index (χ0n) is 10.2. The molecule has 0 bridgehead atoms. The first-order valence-corrected chi connectivity index (χ1v) is 5.84. The topological polar surface area (TPSA) is 89.9 Å². The van der Waals surface area contributed by atoms with Crippen molar-refractivity contribution in [1.29, 1.82) is 0 Å². The Kier molecular flexibility index (Phi) is 4.74. The van der Waals surface area contributed by atoms with Crippen molar-refractivity contribution in [3.63, 3.8) is 0 Å². The van der Waals surface area contributed by atoms with Crippen LogP contribution in [0.2, 0.25) is 0 Å². The van der Waals surface area contributed by atoms with E-state index in [0.717, 1.165) is 6.42 Å². The largest absolute Gasteiger partial charge is 0.480 e. The van der Waals surface area contributed by atoms with Crippen LogP contribution < -0.4 is 5.32 Å². The summed E-state index contributed by atoms with van der Waals surface area (Å²) in [5.74, 6) is -1.07.